The smallest absolute Gasteiger partial charge is 0.305 e. The van der Waals surface area contributed by atoms with Crippen molar-refractivity contribution in [1.82, 2.24) is 0 Å². The van der Waals surface area contributed by atoms with Crippen molar-refractivity contribution in [2.75, 3.05) is 7.11 Å². The molecule has 32 heavy (non-hydrogen) atoms. The SMILES string of the molecule is COC(=O)CCCc1ccc(OCc2cc(F)ccc2-c2ccc(C3(C)CC3)cc2)cc1. The van der Waals surface area contributed by atoms with Crippen molar-refractivity contribution < 1.29 is 18.7 Å². The monoisotopic (exact) mass is 432 g/mol. The van der Waals surface area contributed by atoms with Crippen molar-refractivity contribution in [2.24, 2.45) is 0 Å². The highest BCUT2D eigenvalue weighted by molar-refractivity contribution is 5.69. The number of rotatable bonds is 9. The Kier molecular flexibility index (Phi) is 6.59. The molecule has 4 rings (SSSR count). The highest BCUT2D eigenvalue weighted by Gasteiger charge is 2.38. The van der Waals surface area contributed by atoms with Crippen LogP contribution in [-0.4, -0.2) is 13.1 Å². The lowest BCUT2D eigenvalue weighted by molar-refractivity contribution is -0.140. The number of carbonyl (C=O) groups excluding carboxylic acids is 1. The molecule has 0 aromatic heterocycles. The Morgan fingerprint density at radius 2 is 1.72 bits per heavy atom. The second-order valence-corrected chi connectivity index (χ2v) is 8.80. The van der Waals surface area contributed by atoms with E-state index < -0.39 is 0 Å². The van der Waals surface area contributed by atoms with E-state index in [4.69, 9.17) is 4.74 Å². The lowest BCUT2D eigenvalue weighted by Gasteiger charge is -2.14. The number of halogens is 1. The summed E-state index contributed by atoms with van der Waals surface area (Å²) in [5.41, 5.74) is 5.71. The van der Waals surface area contributed by atoms with Gasteiger partial charge in [-0.1, -0.05) is 49.4 Å². The summed E-state index contributed by atoms with van der Waals surface area (Å²) in [7, 11) is 1.40. The van der Waals surface area contributed by atoms with Crippen LogP contribution in [0.1, 0.15) is 49.3 Å². The van der Waals surface area contributed by atoms with Gasteiger partial charge in [0.15, 0.2) is 0 Å². The maximum Gasteiger partial charge on any atom is 0.305 e. The van der Waals surface area contributed by atoms with Gasteiger partial charge in [-0.05, 0) is 83.2 Å². The first kappa shape index (κ1) is 22.1. The van der Waals surface area contributed by atoms with Crippen molar-refractivity contribution in [3.8, 4) is 16.9 Å². The van der Waals surface area contributed by atoms with Crippen LogP contribution in [0.2, 0.25) is 0 Å². The number of benzene rings is 3. The predicted molar refractivity (Wildman–Crippen MR) is 124 cm³/mol. The molecule has 3 nitrogen and oxygen atoms in total. The van der Waals surface area contributed by atoms with E-state index in [0.29, 0.717) is 11.8 Å². The molecule has 1 aliphatic carbocycles. The van der Waals surface area contributed by atoms with E-state index in [-0.39, 0.29) is 18.4 Å². The average molecular weight is 433 g/mol. The zero-order valence-electron chi connectivity index (χ0n) is 18.7. The van der Waals surface area contributed by atoms with Crippen molar-refractivity contribution in [2.45, 2.75) is 51.0 Å². The number of methoxy groups -OCH3 is 1. The first-order valence-corrected chi connectivity index (χ1v) is 11.1. The summed E-state index contributed by atoms with van der Waals surface area (Å²) in [4.78, 5) is 11.2. The fourth-order valence-corrected chi connectivity index (χ4v) is 3.94. The van der Waals surface area contributed by atoms with Gasteiger partial charge in [-0.15, -0.1) is 0 Å². The summed E-state index contributed by atoms with van der Waals surface area (Å²) in [6.45, 7) is 2.58. The van der Waals surface area contributed by atoms with Gasteiger partial charge >= 0.3 is 5.97 Å². The van der Waals surface area contributed by atoms with Gasteiger partial charge in [-0.3, -0.25) is 4.79 Å². The quantitative estimate of drug-likeness (QED) is 0.357. The van der Waals surface area contributed by atoms with Crippen LogP contribution < -0.4 is 4.74 Å². The van der Waals surface area contributed by atoms with Crippen LogP contribution in [-0.2, 0) is 28.0 Å². The van der Waals surface area contributed by atoms with Crippen molar-refractivity contribution >= 4 is 5.97 Å². The Balaban J connectivity index is 1.41. The van der Waals surface area contributed by atoms with E-state index in [1.54, 1.807) is 6.07 Å². The average Bonchev–Trinajstić information content (AvgIpc) is 3.57. The van der Waals surface area contributed by atoms with Crippen LogP contribution in [0.3, 0.4) is 0 Å². The molecule has 0 atom stereocenters. The molecule has 3 aromatic rings. The minimum Gasteiger partial charge on any atom is -0.489 e. The number of esters is 1. The molecule has 0 spiro atoms. The highest BCUT2D eigenvalue weighted by atomic mass is 19.1. The molecule has 0 saturated heterocycles. The summed E-state index contributed by atoms with van der Waals surface area (Å²) in [6.07, 6.45) is 4.45. The van der Waals surface area contributed by atoms with Crippen molar-refractivity contribution in [3.05, 3.63) is 89.2 Å². The van der Waals surface area contributed by atoms with Crippen LogP contribution in [0.25, 0.3) is 11.1 Å². The van der Waals surface area contributed by atoms with Gasteiger partial charge < -0.3 is 9.47 Å². The van der Waals surface area contributed by atoms with E-state index in [1.807, 2.05) is 30.3 Å². The topological polar surface area (TPSA) is 35.5 Å². The molecule has 0 N–H and O–H groups in total. The van der Waals surface area contributed by atoms with E-state index >= 15 is 0 Å². The second kappa shape index (κ2) is 9.56. The highest BCUT2D eigenvalue weighted by Crippen LogP contribution is 2.47. The lowest BCUT2D eigenvalue weighted by atomic mass is 9.94. The molecular formula is C28H29FO3. The summed E-state index contributed by atoms with van der Waals surface area (Å²) in [6, 6.07) is 21.3. The van der Waals surface area contributed by atoms with E-state index in [9.17, 15) is 9.18 Å². The Labute approximate surface area is 189 Å². The third-order valence-corrected chi connectivity index (χ3v) is 6.35. The second-order valence-electron chi connectivity index (χ2n) is 8.80. The molecule has 0 radical (unpaired) electrons. The fourth-order valence-electron chi connectivity index (χ4n) is 3.94. The molecule has 0 unspecified atom stereocenters. The molecule has 0 aliphatic heterocycles. The van der Waals surface area contributed by atoms with Crippen molar-refractivity contribution in [1.29, 1.82) is 0 Å². The Bertz CT molecular complexity index is 1070. The maximum atomic E-state index is 14.0. The fraction of sp³-hybridized carbons (Fsp3) is 0.321. The summed E-state index contributed by atoms with van der Waals surface area (Å²) in [5.74, 6) is 0.275. The Morgan fingerprint density at radius 3 is 2.38 bits per heavy atom. The minimum atomic E-state index is -0.268. The standard InChI is InChI=1S/C28H29FO3/c1-28(16-17-28)23-10-8-21(9-11-23)26-15-12-24(29)18-22(26)19-32-25-13-6-20(7-14-25)4-3-5-27(30)31-2/h6-15,18H,3-5,16-17,19H2,1-2H3. The van der Waals surface area contributed by atoms with E-state index in [1.165, 1.54) is 31.6 Å². The Hall–Kier alpha value is -3.14. The number of hydrogen-bond donors (Lipinski definition) is 0. The van der Waals surface area contributed by atoms with E-state index in [0.717, 1.165) is 40.8 Å². The van der Waals surface area contributed by atoms with Crippen molar-refractivity contribution in [3.63, 3.8) is 0 Å². The third-order valence-electron chi connectivity index (χ3n) is 6.35. The molecule has 1 saturated carbocycles. The third kappa shape index (κ3) is 5.37. The lowest BCUT2D eigenvalue weighted by Crippen LogP contribution is -2.01. The summed E-state index contributed by atoms with van der Waals surface area (Å²) < 4.78 is 24.6. The zero-order valence-corrected chi connectivity index (χ0v) is 18.7. The van der Waals surface area contributed by atoms with Crippen LogP contribution >= 0.6 is 0 Å². The molecule has 166 valence electrons. The molecule has 3 aromatic carbocycles. The number of hydrogen-bond acceptors (Lipinski definition) is 3. The molecule has 4 heteroatoms. The molecule has 0 bridgehead atoms. The first-order chi connectivity index (χ1) is 15.5. The van der Waals surface area contributed by atoms with Gasteiger partial charge in [-0.2, -0.15) is 0 Å². The van der Waals surface area contributed by atoms with Crippen LogP contribution in [0.5, 0.6) is 5.75 Å². The number of aryl methyl sites for hydroxylation is 1. The molecule has 1 aliphatic rings. The Morgan fingerprint density at radius 1 is 1.00 bits per heavy atom. The normalized spacial score (nSPS) is 14.1. The van der Waals surface area contributed by atoms with Crippen LogP contribution in [0.15, 0.2) is 66.7 Å². The number of carbonyl (C=O) groups is 1. The first-order valence-electron chi connectivity index (χ1n) is 11.1. The zero-order chi connectivity index (χ0) is 22.6. The predicted octanol–water partition coefficient (Wildman–Crippen LogP) is 6.62. The molecule has 0 heterocycles. The van der Waals surface area contributed by atoms with Gasteiger partial charge in [0, 0.05) is 6.42 Å². The largest absolute Gasteiger partial charge is 0.489 e. The molecule has 0 amide bonds. The van der Waals surface area contributed by atoms with E-state index in [2.05, 4.69) is 35.9 Å². The number of ether oxygens (including phenoxy) is 2. The molecular weight excluding hydrogens is 403 g/mol. The summed E-state index contributed by atoms with van der Waals surface area (Å²) in [5, 5.41) is 0. The van der Waals surface area contributed by atoms with Gasteiger partial charge in [0.25, 0.3) is 0 Å². The van der Waals surface area contributed by atoms with Gasteiger partial charge in [0.2, 0.25) is 0 Å². The maximum absolute atomic E-state index is 14.0. The molecule has 1 fully saturated rings. The summed E-state index contributed by atoms with van der Waals surface area (Å²) >= 11 is 0. The van der Waals surface area contributed by atoms with Gasteiger partial charge in [-0.25, -0.2) is 4.39 Å². The van der Waals surface area contributed by atoms with Gasteiger partial charge in [0.1, 0.15) is 18.2 Å². The van der Waals surface area contributed by atoms with Gasteiger partial charge in [0.05, 0.1) is 7.11 Å². The van der Waals surface area contributed by atoms with Crippen LogP contribution in [0.4, 0.5) is 4.39 Å². The minimum absolute atomic E-state index is 0.188. The van der Waals surface area contributed by atoms with Crippen LogP contribution in [0, 0.1) is 5.82 Å².